The van der Waals surface area contributed by atoms with Crippen molar-refractivity contribution in [2.45, 2.75) is 32.8 Å². The number of nitrogens with one attached hydrogen (secondary N) is 1. The van der Waals surface area contributed by atoms with Crippen molar-refractivity contribution in [1.29, 1.82) is 0 Å². The molecule has 0 radical (unpaired) electrons. The summed E-state index contributed by atoms with van der Waals surface area (Å²) < 4.78 is 18.0. The lowest BCUT2D eigenvalue weighted by Gasteiger charge is -2.19. The second-order valence-corrected chi connectivity index (χ2v) is 5.51. The molecule has 0 unspecified atom stereocenters. The topological polar surface area (TPSA) is 51.2 Å². The Hall–Kier alpha value is -1.62. The van der Waals surface area contributed by atoms with Crippen molar-refractivity contribution in [2.24, 2.45) is 0 Å². The Bertz CT molecular complexity index is 498. The molecule has 0 spiro atoms. The molecule has 1 amide bonds. The van der Waals surface area contributed by atoms with Gasteiger partial charge < -0.3 is 10.1 Å². The molecule has 20 heavy (non-hydrogen) atoms. The van der Waals surface area contributed by atoms with E-state index in [1.165, 1.54) is 6.07 Å². The van der Waals surface area contributed by atoms with E-state index < -0.39 is 17.5 Å². The van der Waals surface area contributed by atoms with Gasteiger partial charge in [0.2, 0.25) is 0 Å². The van der Waals surface area contributed by atoms with E-state index in [2.05, 4.69) is 10.3 Å². The molecule has 4 nitrogen and oxygen atoms in total. The summed E-state index contributed by atoms with van der Waals surface area (Å²) in [7, 11) is 0. The molecule has 1 aromatic heterocycles. The highest BCUT2D eigenvalue weighted by molar-refractivity contribution is 6.30. The van der Waals surface area contributed by atoms with Crippen molar-refractivity contribution in [1.82, 2.24) is 10.3 Å². The molecule has 1 rings (SSSR count). The van der Waals surface area contributed by atoms with Crippen LogP contribution in [-0.4, -0.2) is 23.2 Å². The van der Waals surface area contributed by atoms with Crippen LogP contribution in [0.2, 0.25) is 5.15 Å². The van der Waals surface area contributed by atoms with Crippen LogP contribution in [0.25, 0.3) is 6.08 Å². The van der Waals surface area contributed by atoms with Crippen LogP contribution in [0.5, 0.6) is 0 Å². The molecule has 0 aliphatic carbocycles. The lowest BCUT2D eigenvalue weighted by molar-refractivity contribution is 0.0529. The smallest absolute Gasteiger partial charge is 0.407 e. The normalized spacial score (nSPS) is 11.7. The van der Waals surface area contributed by atoms with Gasteiger partial charge in [0.1, 0.15) is 16.6 Å². The number of carbonyl (C=O) groups is 1. The molecule has 6 heteroatoms. The Morgan fingerprint density at radius 1 is 1.55 bits per heavy atom. The van der Waals surface area contributed by atoms with E-state index in [1.807, 2.05) is 0 Å². The van der Waals surface area contributed by atoms with E-state index in [4.69, 9.17) is 16.3 Å². The van der Waals surface area contributed by atoms with Crippen LogP contribution in [-0.2, 0) is 4.74 Å². The number of rotatable bonds is 4. The van der Waals surface area contributed by atoms with Gasteiger partial charge in [-0.25, -0.2) is 14.2 Å². The third-order valence-corrected chi connectivity index (χ3v) is 2.43. The van der Waals surface area contributed by atoms with E-state index in [0.717, 1.165) is 6.20 Å². The molecule has 110 valence electrons. The maximum atomic E-state index is 13.0. The van der Waals surface area contributed by atoms with E-state index in [0.29, 0.717) is 18.5 Å². The second-order valence-electron chi connectivity index (χ2n) is 5.15. The Morgan fingerprint density at radius 2 is 2.25 bits per heavy atom. The molecule has 1 N–H and O–H groups in total. The van der Waals surface area contributed by atoms with E-state index in [1.54, 1.807) is 32.9 Å². The highest BCUT2D eigenvalue weighted by atomic mass is 35.5. The minimum atomic E-state index is -0.513. The van der Waals surface area contributed by atoms with Crippen LogP contribution in [0, 0.1) is 5.82 Å². The second kappa shape index (κ2) is 7.24. The molecular formula is C14H18ClFN2O2. The first-order chi connectivity index (χ1) is 9.28. The monoisotopic (exact) mass is 300 g/mol. The number of carbonyl (C=O) groups excluding carboxylic acids is 1. The molecule has 0 aromatic carbocycles. The van der Waals surface area contributed by atoms with Crippen molar-refractivity contribution in [3.63, 3.8) is 0 Å². The number of aromatic nitrogens is 1. The molecule has 0 fully saturated rings. The van der Waals surface area contributed by atoms with E-state index in [-0.39, 0.29) is 5.15 Å². The van der Waals surface area contributed by atoms with E-state index >= 15 is 0 Å². The Labute approximate surface area is 123 Å². The zero-order chi connectivity index (χ0) is 15.2. The van der Waals surface area contributed by atoms with Crippen LogP contribution in [0.1, 0.15) is 32.8 Å². The number of ether oxygens (including phenoxy) is 1. The van der Waals surface area contributed by atoms with Gasteiger partial charge >= 0.3 is 6.09 Å². The molecule has 1 heterocycles. The van der Waals surface area contributed by atoms with Crippen molar-refractivity contribution < 1.29 is 13.9 Å². The standard InChI is InChI=1S/C14H18ClFN2O2/c1-14(2,3)20-13(19)17-7-5-4-6-10-8-11(16)9-18-12(10)15/h4,6,8-9H,5,7H2,1-3H3,(H,17,19). The maximum Gasteiger partial charge on any atom is 0.407 e. The molecule has 0 bridgehead atoms. The van der Waals surface area contributed by atoms with Gasteiger partial charge in [-0.05, 0) is 33.3 Å². The lowest BCUT2D eigenvalue weighted by atomic mass is 10.2. The summed E-state index contributed by atoms with van der Waals surface area (Å²) >= 11 is 5.81. The first kappa shape index (κ1) is 16.4. The average Bonchev–Trinajstić information content (AvgIpc) is 2.30. The van der Waals surface area contributed by atoms with Crippen LogP contribution in [0.4, 0.5) is 9.18 Å². The van der Waals surface area contributed by atoms with Gasteiger partial charge in [0.25, 0.3) is 0 Å². The predicted molar refractivity (Wildman–Crippen MR) is 77.1 cm³/mol. The maximum absolute atomic E-state index is 13.0. The number of amides is 1. The van der Waals surface area contributed by atoms with Crippen molar-refractivity contribution in [2.75, 3.05) is 6.54 Å². The highest BCUT2D eigenvalue weighted by Gasteiger charge is 2.15. The summed E-state index contributed by atoms with van der Waals surface area (Å²) in [6.07, 6.45) is 4.61. The molecule has 0 saturated carbocycles. The summed E-state index contributed by atoms with van der Waals surface area (Å²) in [6.45, 7) is 5.81. The molecule has 0 aliphatic rings. The van der Waals surface area contributed by atoms with Crippen LogP contribution >= 0.6 is 11.6 Å². The number of hydrogen-bond acceptors (Lipinski definition) is 3. The van der Waals surface area contributed by atoms with E-state index in [9.17, 15) is 9.18 Å². The zero-order valence-electron chi connectivity index (χ0n) is 11.7. The molecule has 0 aliphatic heterocycles. The van der Waals surface area contributed by atoms with Gasteiger partial charge in [0.15, 0.2) is 0 Å². The Balaban J connectivity index is 2.36. The Morgan fingerprint density at radius 3 is 2.90 bits per heavy atom. The molecule has 0 atom stereocenters. The van der Waals surface area contributed by atoms with Gasteiger partial charge in [-0.15, -0.1) is 0 Å². The zero-order valence-corrected chi connectivity index (χ0v) is 12.5. The summed E-state index contributed by atoms with van der Waals surface area (Å²) in [5.41, 5.74) is -0.00957. The number of pyridine rings is 1. The fourth-order valence-corrected chi connectivity index (χ4v) is 1.50. The summed E-state index contributed by atoms with van der Waals surface area (Å²) in [4.78, 5) is 15.0. The van der Waals surface area contributed by atoms with Crippen LogP contribution in [0.15, 0.2) is 18.3 Å². The number of nitrogens with zero attached hydrogens (tertiary/aromatic N) is 1. The molecule has 0 saturated heterocycles. The lowest BCUT2D eigenvalue weighted by Crippen LogP contribution is -2.32. The van der Waals surface area contributed by atoms with Crippen molar-refractivity contribution >= 4 is 23.8 Å². The number of hydrogen-bond donors (Lipinski definition) is 1. The van der Waals surface area contributed by atoms with Crippen LogP contribution in [0.3, 0.4) is 0 Å². The fraction of sp³-hybridized carbons (Fsp3) is 0.429. The fourth-order valence-electron chi connectivity index (χ4n) is 1.34. The van der Waals surface area contributed by atoms with Crippen molar-refractivity contribution in [3.05, 3.63) is 34.9 Å². The minimum Gasteiger partial charge on any atom is -0.444 e. The quantitative estimate of drug-likeness (QED) is 0.679. The molecular weight excluding hydrogens is 283 g/mol. The summed E-state index contributed by atoms with van der Waals surface area (Å²) in [5, 5.41) is 2.86. The SMILES string of the molecule is CC(C)(C)OC(=O)NCCC=Cc1cc(F)cnc1Cl. The van der Waals surface area contributed by atoms with Gasteiger partial charge in [0, 0.05) is 12.1 Å². The third-order valence-electron chi connectivity index (χ3n) is 2.11. The van der Waals surface area contributed by atoms with Crippen molar-refractivity contribution in [3.8, 4) is 0 Å². The summed E-state index contributed by atoms with van der Waals surface area (Å²) in [5.74, 6) is -0.444. The Kier molecular flexibility index (Phi) is 5.95. The molecule has 1 aromatic rings. The summed E-state index contributed by atoms with van der Waals surface area (Å²) in [6, 6.07) is 1.30. The van der Waals surface area contributed by atoms with Gasteiger partial charge in [-0.3, -0.25) is 0 Å². The first-order valence-corrected chi connectivity index (χ1v) is 6.60. The van der Waals surface area contributed by atoms with Gasteiger partial charge in [0.05, 0.1) is 6.20 Å². The van der Waals surface area contributed by atoms with Gasteiger partial charge in [-0.1, -0.05) is 23.8 Å². The van der Waals surface area contributed by atoms with Crippen LogP contribution < -0.4 is 5.32 Å². The third kappa shape index (κ3) is 6.52. The van der Waals surface area contributed by atoms with Gasteiger partial charge in [-0.2, -0.15) is 0 Å². The minimum absolute atomic E-state index is 0.239. The first-order valence-electron chi connectivity index (χ1n) is 6.22. The largest absolute Gasteiger partial charge is 0.444 e. The highest BCUT2D eigenvalue weighted by Crippen LogP contribution is 2.15. The number of halogens is 2. The predicted octanol–water partition coefficient (Wildman–Crippen LogP) is 3.80. The average molecular weight is 301 g/mol. The number of alkyl carbamates (subject to hydrolysis) is 1.